The molecular formula is C9H17N3O2. The Balaban J connectivity index is 2.03. The summed E-state index contributed by atoms with van der Waals surface area (Å²) in [5, 5.41) is 7.08. The van der Waals surface area contributed by atoms with Gasteiger partial charge >= 0.3 is 0 Å². The van der Waals surface area contributed by atoms with Gasteiger partial charge in [-0.05, 0) is 13.3 Å². The van der Waals surface area contributed by atoms with Crippen LogP contribution in [0, 0.1) is 0 Å². The third kappa shape index (κ3) is 4.34. The Hall–Kier alpha value is -0.940. The molecule has 5 heteroatoms. The Morgan fingerprint density at radius 3 is 3.14 bits per heavy atom. The number of ether oxygens (including phenoxy) is 1. The van der Waals surface area contributed by atoms with E-state index in [0.717, 1.165) is 31.8 Å². The van der Waals surface area contributed by atoms with E-state index in [1.807, 2.05) is 0 Å². The van der Waals surface area contributed by atoms with Crippen LogP contribution in [-0.4, -0.2) is 36.4 Å². The highest BCUT2D eigenvalue weighted by molar-refractivity contribution is 4.79. The van der Waals surface area contributed by atoms with E-state index < -0.39 is 0 Å². The molecule has 1 atom stereocenters. The molecule has 0 aliphatic heterocycles. The van der Waals surface area contributed by atoms with E-state index in [-0.39, 0.29) is 0 Å². The van der Waals surface area contributed by atoms with Crippen molar-refractivity contribution in [2.24, 2.45) is 0 Å². The summed E-state index contributed by atoms with van der Waals surface area (Å²) in [5.41, 5.74) is 0. The molecule has 0 radical (unpaired) electrons. The lowest BCUT2D eigenvalue weighted by Gasteiger charge is -2.11. The van der Waals surface area contributed by atoms with Gasteiger partial charge in [-0.3, -0.25) is 0 Å². The average Bonchev–Trinajstić information content (AvgIpc) is 2.67. The Labute approximate surface area is 83.8 Å². The lowest BCUT2D eigenvalue weighted by Crippen LogP contribution is -2.29. The van der Waals surface area contributed by atoms with Gasteiger partial charge in [0, 0.05) is 32.7 Å². The standard InChI is InChI=1S/C9H17N3O2/c1-8(4-6-13-2)10-5-3-9-11-7-14-12-9/h7-8,10H,3-6H2,1-2H3. The number of nitrogens with zero attached hydrogens (tertiary/aromatic N) is 2. The molecule has 0 saturated carbocycles. The lowest BCUT2D eigenvalue weighted by molar-refractivity contribution is 0.185. The van der Waals surface area contributed by atoms with Crippen molar-refractivity contribution in [3.63, 3.8) is 0 Å². The summed E-state index contributed by atoms with van der Waals surface area (Å²) in [6, 6.07) is 0.460. The van der Waals surface area contributed by atoms with Crippen molar-refractivity contribution in [2.45, 2.75) is 25.8 Å². The predicted molar refractivity (Wildman–Crippen MR) is 52.0 cm³/mol. The predicted octanol–water partition coefficient (Wildman–Crippen LogP) is 0.627. The van der Waals surface area contributed by atoms with Crippen LogP contribution in [0.2, 0.25) is 0 Å². The van der Waals surface area contributed by atoms with Crippen molar-refractivity contribution in [1.29, 1.82) is 0 Å². The van der Waals surface area contributed by atoms with Gasteiger partial charge in [-0.15, -0.1) is 0 Å². The van der Waals surface area contributed by atoms with Gasteiger partial charge in [0.15, 0.2) is 5.82 Å². The molecule has 0 saturated heterocycles. The summed E-state index contributed by atoms with van der Waals surface area (Å²) in [5.74, 6) is 0.747. The molecular weight excluding hydrogens is 182 g/mol. The molecule has 1 rings (SSSR count). The van der Waals surface area contributed by atoms with E-state index in [1.165, 1.54) is 6.39 Å². The monoisotopic (exact) mass is 199 g/mol. The minimum atomic E-state index is 0.460. The van der Waals surface area contributed by atoms with Crippen LogP contribution in [0.15, 0.2) is 10.9 Å². The maximum atomic E-state index is 4.99. The SMILES string of the molecule is COCCC(C)NCCc1ncon1. The Kier molecular flexibility index (Phi) is 5.17. The minimum absolute atomic E-state index is 0.460. The second-order valence-electron chi connectivity index (χ2n) is 3.23. The molecule has 1 N–H and O–H groups in total. The maximum absolute atomic E-state index is 4.99. The average molecular weight is 199 g/mol. The zero-order valence-electron chi connectivity index (χ0n) is 8.69. The van der Waals surface area contributed by atoms with E-state index >= 15 is 0 Å². The number of rotatable bonds is 7. The summed E-state index contributed by atoms with van der Waals surface area (Å²) in [4.78, 5) is 3.93. The molecule has 1 unspecified atom stereocenters. The molecule has 0 aliphatic carbocycles. The van der Waals surface area contributed by atoms with Gasteiger partial charge in [-0.2, -0.15) is 4.98 Å². The van der Waals surface area contributed by atoms with Gasteiger partial charge < -0.3 is 14.6 Å². The molecule has 0 aliphatic rings. The van der Waals surface area contributed by atoms with Crippen LogP contribution in [0.1, 0.15) is 19.2 Å². The smallest absolute Gasteiger partial charge is 0.213 e. The zero-order chi connectivity index (χ0) is 10.2. The summed E-state index contributed by atoms with van der Waals surface area (Å²) in [7, 11) is 1.71. The van der Waals surface area contributed by atoms with Gasteiger partial charge in [0.25, 0.3) is 0 Å². The van der Waals surface area contributed by atoms with Crippen LogP contribution in [0.25, 0.3) is 0 Å². The Morgan fingerprint density at radius 2 is 2.50 bits per heavy atom. The molecule has 0 spiro atoms. The molecule has 0 amide bonds. The van der Waals surface area contributed by atoms with Crippen molar-refractivity contribution >= 4 is 0 Å². The number of nitrogens with one attached hydrogen (secondary N) is 1. The van der Waals surface area contributed by atoms with E-state index in [1.54, 1.807) is 7.11 Å². The van der Waals surface area contributed by atoms with Crippen molar-refractivity contribution in [1.82, 2.24) is 15.5 Å². The highest BCUT2D eigenvalue weighted by Crippen LogP contribution is 1.92. The van der Waals surface area contributed by atoms with Gasteiger partial charge in [0.1, 0.15) is 0 Å². The third-order valence-electron chi connectivity index (χ3n) is 2.00. The molecule has 14 heavy (non-hydrogen) atoms. The van der Waals surface area contributed by atoms with E-state index in [4.69, 9.17) is 4.74 Å². The first-order valence-electron chi connectivity index (χ1n) is 4.80. The van der Waals surface area contributed by atoms with Crippen molar-refractivity contribution in [3.8, 4) is 0 Å². The first-order valence-corrected chi connectivity index (χ1v) is 4.80. The third-order valence-corrected chi connectivity index (χ3v) is 2.00. The molecule has 0 bridgehead atoms. The molecule has 1 aromatic heterocycles. The molecule has 5 nitrogen and oxygen atoms in total. The van der Waals surface area contributed by atoms with E-state index in [0.29, 0.717) is 6.04 Å². The number of hydrogen-bond acceptors (Lipinski definition) is 5. The maximum Gasteiger partial charge on any atom is 0.213 e. The normalized spacial score (nSPS) is 13.0. The summed E-state index contributed by atoms with van der Waals surface area (Å²) in [6.45, 7) is 3.79. The van der Waals surface area contributed by atoms with E-state index in [2.05, 4.69) is 26.9 Å². The quantitative estimate of drug-likeness (QED) is 0.697. The number of methoxy groups -OCH3 is 1. The Morgan fingerprint density at radius 1 is 1.64 bits per heavy atom. The largest absolute Gasteiger partial charge is 0.385 e. The molecule has 1 aromatic rings. The van der Waals surface area contributed by atoms with Crippen LogP contribution in [0.3, 0.4) is 0 Å². The number of aromatic nitrogens is 2. The summed E-state index contributed by atoms with van der Waals surface area (Å²) in [6.07, 6.45) is 3.17. The highest BCUT2D eigenvalue weighted by Gasteiger charge is 2.02. The van der Waals surface area contributed by atoms with Crippen LogP contribution in [0.5, 0.6) is 0 Å². The topological polar surface area (TPSA) is 60.2 Å². The molecule has 80 valence electrons. The molecule has 1 heterocycles. The van der Waals surface area contributed by atoms with Crippen LogP contribution < -0.4 is 5.32 Å². The fourth-order valence-corrected chi connectivity index (χ4v) is 1.13. The second-order valence-corrected chi connectivity index (χ2v) is 3.23. The van der Waals surface area contributed by atoms with Crippen molar-refractivity contribution in [3.05, 3.63) is 12.2 Å². The van der Waals surface area contributed by atoms with Crippen LogP contribution in [-0.2, 0) is 11.2 Å². The second kappa shape index (κ2) is 6.50. The van der Waals surface area contributed by atoms with Crippen molar-refractivity contribution < 1.29 is 9.26 Å². The zero-order valence-corrected chi connectivity index (χ0v) is 8.69. The fraction of sp³-hybridized carbons (Fsp3) is 0.778. The first-order chi connectivity index (χ1) is 6.83. The lowest BCUT2D eigenvalue weighted by atomic mass is 10.2. The van der Waals surface area contributed by atoms with Crippen LogP contribution >= 0.6 is 0 Å². The van der Waals surface area contributed by atoms with Crippen molar-refractivity contribution in [2.75, 3.05) is 20.3 Å². The summed E-state index contributed by atoms with van der Waals surface area (Å²) >= 11 is 0. The Bertz CT molecular complexity index is 226. The molecule has 0 aromatic carbocycles. The number of hydrogen-bond donors (Lipinski definition) is 1. The highest BCUT2D eigenvalue weighted by atomic mass is 16.5. The summed E-state index contributed by atoms with van der Waals surface area (Å²) < 4.78 is 9.61. The van der Waals surface area contributed by atoms with Gasteiger partial charge in [-0.25, -0.2) is 0 Å². The van der Waals surface area contributed by atoms with Gasteiger partial charge in [0.2, 0.25) is 6.39 Å². The molecule has 0 fully saturated rings. The van der Waals surface area contributed by atoms with E-state index in [9.17, 15) is 0 Å². The first kappa shape index (κ1) is 11.1. The fourth-order valence-electron chi connectivity index (χ4n) is 1.13. The van der Waals surface area contributed by atoms with Gasteiger partial charge in [0.05, 0.1) is 0 Å². The van der Waals surface area contributed by atoms with Crippen LogP contribution in [0.4, 0.5) is 0 Å². The minimum Gasteiger partial charge on any atom is -0.385 e. The van der Waals surface area contributed by atoms with Gasteiger partial charge in [-0.1, -0.05) is 5.16 Å².